The van der Waals surface area contributed by atoms with Gasteiger partial charge < -0.3 is 10.2 Å². The lowest BCUT2D eigenvalue weighted by atomic mass is 9.54. The highest BCUT2D eigenvalue weighted by molar-refractivity contribution is 5.15. The van der Waals surface area contributed by atoms with Gasteiger partial charge >= 0.3 is 0 Å². The molecule has 2 nitrogen and oxygen atoms in total. The average molecular weight is 447 g/mol. The molecule has 2 heteroatoms. The second-order valence-electron chi connectivity index (χ2n) is 14.1. The second-order valence-corrected chi connectivity index (χ2v) is 14.1. The molecule has 0 aliphatic heterocycles. The number of aliphatic hydroxyl groups is 2. The number of hydrogen-bond acceptors (Lipinski definition) is 2. The zero-order valence-corrected chi connectivity index (χ0v) is 22.6. The van der Waals surface area contributed by atoms with Gasteiger partial charge in [0.2, 0.25) is 0 Å². The summed E-state index contributed by atoms with van der Waals surface area (Å²) in [7, 11) is 0. The van der Waals surface area contributed by atoms with Gasteiger partial charge in [0.05, 0.1) is 11.2 Å². The first kappa shape index (κ1) is 26.3. The normalized spacial score (nSPS) is 42.7. The van der Waals surface area contributed by atoms with E-state index in [0.29, 0.717) is 28.6 Å². The SMILES string of the molecule is CC1=CCC[C@]2(C)CC[C@@H](C(C)(C)O)CC12.CC1CCC[C@]2(C)CC[C@@H](C(C)(C)O)C[C@@H]12. The zero-order chi connectivity index (χ0) is 23.9. The van der Waals surface area contributed by atoms with Gasteiger partial charge in [-0.3, -0.25) is 0 Å². The molecule has 0 aromatic rings. The molecule has 0 amide bonds. The molecule has 32 heavy (non-hydrogen) atoms. The summed E-state index contributed by atoms with van der Waals surface area (Å²) in [4.78, 5) is 0. The van der Waals surface area contributed by atoms with Crippen molar-refractivity contribution in [3.05, 3.63) is 11.6 Å². The van der Waals surface area contributed by atoms with Crippen molar-refractivity contribution in [2.24, 2.45) is 40.4 Å². The number of allylic oxidation sites excluding steroid dienone is 2. The Morgan fingerprint density at radius 1 is 0.812 bits per heavy atom. The number of rotatable bonds is 2. The van der Waals surface area contributed by atoms with E-state index < -0.39 is 11.2 Å². The Labute approximate surface area is 199 Å². The van der Waals surface area contributed by atoms with Crippen LogP contribution in [-0.2, 0) is 0 Å². The lowest BCUT2D eigenvalue weighted by Crippen LogP contribution is -2.45. The fourth-order valence-electron chi connectivity index (χ4n) is 8.11. The zero-order valence-electron chi connectivity index (χ0n) is 22.6. The van der Waals surface area contributed by atoms with E-state index in [1.54, 1.807) is 5.57 Å². The van der Waals surface area contributed by atoms with Gasteiger partial charge in [0.15, 0.2) is 0 Å². The van der Waals surface area contributed by atoms with Crippen LogP contribution in [0.25, 0.3) is 0 Å². The highest BCUT2D eigenvalue weighted by atomic mass is 16.3. The van der Waals surface area contributed by atoms with Gasteiger partial charge in [0.1, 0.15) is 0 Å². The maximum Gasteiger partial charge on any atom is 0.0620 e. The molecule has 4 aliphatic carbocycles. The first-order valence-electron chi connectivity index (χ1n) is 13.8. The summed E-state index contributed by atoms with van der Waals surface area (Å²) in [6.07, 6.45) is 16.7. The molecule has 0 radical (unpaired) electrons. The molecule has 4 rings (SSSR count). The summed E-state index contributed by atoms with van der Waals surface area (Å²) in [5.74, 6) is 3.43. The summed E-state index contributed by atoms with van der Waals surface area (Å²) in [6, 6.07) is 0. The van der Waals surface area contributed by atoms with Crippen LogP contribution in [0.5, 0.6) is 0 Å². The molecular formula is C30H54O2. The molecule has 0 heterocycles. The molecule has 0 aromatic heterocycles. The van der Waals surface area contributed by atoms with Crippen LogP contribution >= 0.6 is 0 Å². The van der Waals surface area contributed by atoms with Crippen molar-refractivity contribution in [2.45, 2.75) is 137 Å². The van der Waals surface area contributed by atoms with Crippen molar-refractivity contribution < 1.29 is 10.2 Å². The monoisotopic (exact) mass is 446 g/mol. The van der Waals surface area contributed by atoms with Crippen LogP contribution in [0.4, 0.5) is 0 Å². The lowest BCUT2D eigenvalue weighted by Gasteiger charge is -2.52. The van der Waals surface area contributed by atoms with Crippen LogP contribution in [0.15, 0.2) is 11.6 Å². The predicted molar refractivity (Wildman–Crippen MR) is 136 cm³/mol. The van der Waals surface area contributed by atoms with Gasteiger partial charge in [-0.15, -0.1) is 0 Å². The van der Waals surface area contributed by atoms with Crippen LogP contribution in [0, 0.1) is 40.4 Å². The van der Waals surface area contributed by atoms with Crippen molar-refractivity contribution in [3.8, 4) is 0 Å². The molecule has 2 unspecified atom stereocenters. The molecule has 3 fully saturated rings. The van der Waals surface area contributed by atoms with Gasteiger partial charge in [-0.25, -0.2) is 0 Å². The van der Waals surface area contributed by atoms with E-state index in [-0.39, 0.29) is 0 Å². The van der Waals surface area contributed by atoms with Gasteiger partial charge in [-0.05, 0) is 133 Å². The fraction of sp³-hybridized carbons (Fsp3) is 0.933. The van der Waals surface area contributed by atoms with Crippen molar-refractivity contribution in [1.82, 2.24) is 0 Å². The Balaban J connectivity index is 0.000000181. The Bertz CT molecular complexity index is 665. The van der Waals surface area contributed by atoms with Crippen molar-refractivity contribution in [3.63, 3.8) is 0 Å². The summed E-state index contributed by atoms with van der Waals surface area (Å²) in [6.45, 7) is 17.6. The standard InChI is InChI=1S/C15H28O.C15H26O/c2*1-11-6-5-8-15(4)9-7-12(10-13(11)15)14(2,3)16/h11-13,16H,5-10H2,1-4H3;6,12-13,16H,5,7-10H2,1-4H3/t11?,12-,13+,15-;12-,13?,15-/m11/s1. The maximum atomic E-state index is 10.2. The topological polar surface area (TPSA) is 40.5 Å². The first-order valence-corrected chi connectivity index (χ1v) is 13.8. The minimum absolute atomic E-state index is 0.474. The Kier molecular flexibility index (Phi) is 7.69. The minimum atomic E-state index is -0.501. The van der Waals surface area contributed by atoms with E-state index in [0.717, 1.165) is 11.8 Å². The quantitative estimate of drug-likeness (QED) is 0.423. The van der Waals surface area contributed by atoms with Crippen molar-refractivity contribution in [1.29, 1.82) is 0 Å². The largest absolute Gasteiger partial charge is 0.390 e. The summed E-state index contributed by atoms with van der Waals surface area (Å²) < 4.78 is 0. The molecule has 0 aromatic carbocycles. The molecule has 2 N–H and O–H groups in total. The van der Waals surface area contributed by atoms with E-state index in [1.165, 1.54) is 70.6 Å². The summed E-state index contributed by atoms with van der Waals surface area (Å²) in [5, 5.41) is 20.4. The van der Waals surface area contributed by atoms with Crippen molar-refractivity contribution in [2.75, 3.05) is 0 Å². The second kappa shape index (κ2) is 9.37. The molecule has 186 valence electrons. The van der Waals surface area contributed by atoms with Crippen LogP contribution in [0.2, 0.25) is 0 Å². The van der Waals surface area contributed by atoms with Crippen LogP contribution < -0.4 is 0 Å². The molecule has 7 atom stereocenters. The molecule has 0 saturated heterocycles. The third-order valence-corrected chi connectivity index (χ3v) is 10.7. The Morgan fingerprint density at radius 3 is 1.97 bits per heavy atom. The van der Waals surface area contributed by atoms with E-state index in [9.17, 15) is 10.2 Å². The third-order valence-electron chi connectivity index (χ3n) is 10.7. The molecule has 0 spiro atoms. The smallest absolute Gasteiger partial charge is 0.0620 e. The predicted octanol–water partition coefficient (Wildman–Crippen LogP) is 7.92. The minimum Gasteiger partial charge on any atom is -0.390 e. The summed E-state index contributed by atoms with van der Waals surface area (Å²) in [5.41, 5.74) is 1.69. The summed E-state index contributed by atoms with van der Waals surface area (Å²) >= 11 is 0. The number of fused-ring (bicyclic) bond motifs is 2. The van der Waals surface area contributed by atoms with Gasteiger partial charge in [0.25, 0.3) is 0 Å². The van der Waals surface area contributed by atoms with Gasteiger partial charge in [0, 0.05) is 0 Å². The van der Waals surface area contributed by atoms with Crippen LogP contribution in [-0.4, -0.2) is 21.4 Å². The molecule has 0 bridgehead atoms. The van der Waals surface area contributed by atoms with Crippen molar-refractivity contribution >= 4 is 0 Å². The molecule has 3 saturated carbocycles. The highest BCUT2D eigenvalue weighted by Crippen LogP contribution is 2.55. The first-order chi connectivity index (χ1) is 14.7. The molecule has 4 aliphatic rings. The van der Waals surface area contributed by atoms with E-state index >= 15 is 0 Å². The number of hydrogen-bond donors (Lipinski definition) is 2. The lowest BCUT2D eigenvalue weighted by molar-refractivity contribution is -0.0687. The van der Waals surface area contributed by atoms with Gasteiger partial charge in [-0.1, -0.05) is 45.3 Å². The third kappa shape index (κ3) is 5.65. The average Bonchev–Trinajstić information content (AvgIpc) is 2.66. The maximum absolute atomic E-state index is 10.2. The van der Waals surface area contributed by atoms with Crippen LogP contribution in [0.3, 0.4) is 0 Å². The van der Waals surface area contributed by atoms with E-state index in [2.05, 4.69) is 33.8 Å². The van der Waals surface area contributed by atoms with Gasteiger partial charge in [-0.2, -0.15) is 0 Å². The van der Waals surface area contributed by atoms with E-state index in [4.69, 9.17) is 0 Å². The Hall–Kier alpha value is -0.340. The van der Waals surface area contributed by atoms with Crippen LogP contribution in [0.1, 0.15) is 126 Å². The Morgan fingerprint density at radius 2 is 1.38 bits per heavy atom. The fourth-order valence-corrected chi connectivity index (χ4v) is 8.11. The molecular weight excluding hydrogens is 392 g/mol. The highest BCUT2D eigenvalue weighted by Gasteiger charge is 2.47. The van der Waals surface area contributed by atoms with E-state index in [1.807, 2.05) is 27.7 Å².